The molecule has 9 nitrogen and oxygen atoms in total. The number of Topliss-reactive ketones (excluding diaryl/α,β-unsaturated/α-hetero) is 1. The number of carbonyl (C=O) groups excluding carboxylic acids is 1. The van der Waals surface area contributed by atoms with Crippen molar-refractivity contribution in [3.63, 3.8) is 0 Å². The van der Waals surface area contributed by atoms with Gasteiger partial charge in [-0.25, -0.2) is 9.59 Å². The molecular weight excluding hydrogens is 488 g/mol. The van der Waals surface area contributed by atoms with Gasteiger partial charge in [0.1, 0.15) is 12.4 Å². The number of carbonyl (C=O) groups is 3. The van der Waals surface area contributed by atoms with Crippen LogP contribution >= 0.6 is 0 Å². The maximum absolute atomic E-state index is 13.9. The molecule has 0 unspecified atom stereocenters. The molecule has 38 heavy (non-hydrogen) atoms. The van der Waals surface area contributed by atoms with Crippen LogP contribution in [0.25, 0.3) is 0 Å². The summed E-state index contributed by atoms with van der Waals surface area (Å²) in [4.78, 5) is 39.4. The van der Waals surface area contributed by atoms with E-state index in [4.69, 9.17) is 24.6 Å². The topological polar surface area (TPSA) is 137 Å². The van der Waals surface area contributed by atoms with E-state index in [-0.39, 0.29) is 22.9 Å². The summed E-state index contributed by atoms with van der Waals surface area (Å²) in [6, 6.07) is 0. The lowest BCUT2D eigenvalue weighted by Gasteiger charge is -2.58. The second-order valence-electron chi connectivity index (χ2n) is 12.0. The van der Waals surface area contributed by atoms with Gasteiger partial charge in [0.15, 0.2) is 0 Å². The Balaban J connectivity index is 0.000000757. The Morgan fingerprint density at radius 3 is 2.42 bits per heavy atom. The number of aliphatic hydroxyl groups is 1. The molecule has 3 N–H and O–H groups in total. The number of likely N-dealkylation sites (N-methyl/N-ethyl adjacent to an activating group) is 1. The fourth-order valence-electron chi connectivity index (χ4n) is 7.16. The SMILES string of the molecule is CC[C@H](C/C=C/C=N/OCCN(C)C)[C@@]1(C)CC[C@H]2[C@@H](CC[C@@H]3C[C@@H](O)CC[C@@]32C)C1=O.O=C(O)C(=O)O. The summed E-state index contributed by atoms with van der Waals surface area (Å²) in [5.41, 5.74) is 0.0147. The molecule has 0 aromatic rings. The van der Waals surface area contributed by atoms with E-state index in [0.717, 1.165) is 64.3 Å². The number of carboxylic acids is 2. The zero-order valence-corrected chi connectivity index (χ0v) is 23.8. The zero-order chi connectivity index (χ0) is 28.5. The largest absolute Gasteiger partial charge is 0.473 e. The third-order valence-electron chi connectivity index (χ3n) is 9.52. The van der Waals surface area contributed by atoms with Crippen LogP contribution in [0.5, 0.6) is 0 Å². The number of aliphatic hydroxyl groups excluding tert-OH is 1. The molecule has 3 rings (SSSR count). The average molecular weight is 537 g/mol. The minimum atomic E-state index is -1.82. The van der Waals surface area contributed by atoms with E-state index in [9.17, 15) is 9.90 Å². The number of hydrogen-bond donors (Lipinski definition) is 3. The average Bonchev–Trinajstić information content (AvgIpc) is 2.86. The molecule has 3 fully saturated rings. The van der Waals surface area contributed by atoms with Crippen molar-refractivity contribution in [3.8, 4) is 0 Å². The Hall–Kier alpha value is -2.26. The van der Waals surface area contributed by atoms with Gasteiger partial charge >= 0.3 is 11.9 Å². The molecule has 0 spiro atoms. The van der Waals surface area contributed by atoms with Gasteiger partial charge in [-0.3, -0.25) is 4.79 Å². The predicted octanol–water partition coefficient (Wildman–Crippen LogP) is 4.24. The van der Waals surface area contributed by atoms with Crippen LogP contribution < -0.4 is 0 Å². The van der Waals surface area contributed by atoms with Crippen LogP contribution in [-0.4, -0.2) is 77.5 Å². The highest BCUT2D eigenvalue weighted by Gasteiger charge is 2.57. The maximum Gasteiger partial charge on any atom is 0.414 e. The van der Waals surface area contributed by atoms with Gasteiger partial charge in [-0.05, 0) is 94.7 Å². The number of hydrogen-bond acceptors (Lipinski definition) is 7. The van der Waals surface area contributed by atoms with Crippen LogP contribution in [0.1, 0.15) is 78.6 Å². The number of carboxylic acid groups (broad SMARTS) is 2. The van der Waals surface area contributed by atoms with Crippen LogP contribution in [0.15, 0.2) is 17.3 Å². The molecule has 0 aromatic heterocycles. The normalized spacial score (nSPS) is 33.8. The number of aliphatic carboxylic acids is 2. The fraction of sp³-hybridized carbons (Fsp3) is 0.793. The Labute approximate surface area is 227 Å². The van der Waals surface area contributed by atoms with Crippen LogP contribution in [0.4, 0.5) is 0 Å². The third kappa shape index (κ3) is 7.88. The van der Waals surface area contributed by atoms with Crippen LogP contribution in [0.2, 0.25) is 0 Å². The maximum atomic E-state index is 13.9. The highest BCUT2D eigenvalue weighted by atomic mass is 16.6. The van der Waals surface area contributed by atoms with Crippen LogP contribution in [-0.2, 0) is 19.2 Å². The van der Waals surface area contributed by atoms with Gasteiger partial charge in [0, 0.05) is 17.9 Å². The summed E-state index contributed by atoms with van der Waals surface area (Å²) in [6.45, 7) is 8.33. The quantitative estimate of drug-likeness (QED) is 0.172. The second-order valence-corrected chi connectivity index (χ2v) is 12.0. The molecule has 3 aliphatic carbocycles. The lowest BCUT2D eigenvalue weighted by molar-refractivity contribution is -0.159. The summed E-state index contributed by atoms with van der Waals surface area (Å²) >= 11 is 0. The molecule has 0 aromatic carbocycles. The lowest BCUT2D eigenvalue weighted by Crippen LogP contribution is -2.56. The third-order valence-corrected chi connectivity index (χ3v) is 9.52. The number of nitrogens with zero attached hydrogens (tertiary/aromatic N) is 2. The number of ketones is 1. The van der Waals surface area contributed by atoms with E-state index >= 15 is 0 Å². The molecule has 9 heteroatoms. The molecule has 0 heterocycles. The Morgan fingerprint density at radius 2 is 1.82 bits per heavy atom. The smallest absolute Gasteiger partial charge is 0.414 e. The molecule has 3 aliphatic rings. The summed E-state index contributed by atoms with van der Waals surface area (Å²) in [7, 11) is 4.03. The molecule has 0 aliphatic heterocycles. The van der Waals surface area contributed by atoms with Crippen molar-refractivity contribution in [1.29, 1.82) is 0 Å². The minimum absolute atomic E-state index is 0.132. The number of rotatable bonds is 9. The Kier molecular flexibility index (Phi) is 12.0. The molecule has 0 radical (unpaired) electrons. The first-order valence-corrected chi connectivity index (χ1v) is 14.0. The fourth-order valence-corrected chi connectivity index (χ4v) is 7.16. The highest BCUT2D eigenvalue weighted by Crippen LogP contribution is 2.61. The van der Waals surface area contributed by atoms with Gasteiger partial charge in [-0.15, -0.1) is 0 Å². The summed E-state index contributed by atoms with van der Waals surface area (Å²) in [6.07, 6.45) is 14.8. The van der Waals surface area contributed by atoms with Gasteiger partial charge < -0.3 is 25.1 Å². The van der Waals surface area contributed by atoms with E-state index < -0.39 is 11.9 Å². The van der Waals surface area contributed by atoms with Crippen molar-refractivity contribution in [3.05, 3.63) is 12.2 Å². The standard InChI is InChI=1S/C27H46N2O3.C2H2O4/c1-6-20(9-7-8-16-28-32-18-17-29(4)5)27(3)15-13-24-23(25(27)31)11-10-21-19-22(30)12-14-26(21,24)2;3-1(4)2(5)6/h7-8,16,20-24,30H,6,9-15,17-19H2,1-5H3;(H,3,4)(H,5,6)/b8-7+,28-16+;/t20-,21-,22+,23-,24+,26+,27-;/m1./s1. The molecular formula is C29H48N2O7. The molecule has 0 amide bonds. The van der Waals surface area contributed by atoms with Crippen LogP contribution in [0.3, 0.4) is 0 Å². The first-order chi connectivity index (χ1) is 17.9. The highest BCUT2D eigenvalue weighted by molar-refractivity contribution is 6.27. The molecule has 0 saturated heterocycles. The van der Waals surface area contributed by atoms with Gasteiger partial charge in [0.2, 0.25) is 0 Å². The van der Waals surface area contributed by atoms with Crippen molar-refractivity contribution in [2.45, 2.75) is 84.7 Å². The first kappa shape index (κ1) is 32.0. The van der Waals surface area contributed by atoms with Crippen molar-refractivity contribution in [2.75, 3.05) is 27.2 Å². The monoisotopic (exact) mass is 536 g/mol. The van der Waals surface area contributed by atoms with E-state index in [1.165, 1.54) is 0 Å². The van der Waals surface area contributed by atoms with Crippen molar-refractivity contribution >= 4 is 23.9 Å². The molecule has 0 bridgehead atoms. The molecule has 216 valence electrons. The van der Waals surface area contributed by atoms with E-state index in [1.54, 1.807) is 6.21 Å². The summed E-state index contributed by atoms with van der Waals surface area (Å²) in [5, 5.41) is 29.0. The van der Waals surface area contributed by atoms with Gasteiger partial charge in [-0.2, -0.15) is 0 Å². The van der Waals surface area contributed by atoms with Gasteiger partial charge in [0.05, 0.1) is 12.3 Å². The number of oxime groups is 1. The van der Waals surface area contributed by atoms with Gasteiger partial charge in [0.25, 0.3) is 0 Å². The summed E-state index contributed by atoms with van der Waals surface area (Å²) < 4.78 is 0. The predicted molar refractivity (Wildman–Crippen MR) is 146 cm³/mol. The van der Waals surface area contributed by atoms with E-state index in [2.05, 4.69) is 36.9 Å². The molecule has 7 atom stereocenters. The van der Waals surface area contributed by atoms with Crippen molar-refractivity contribution < 1.29 is 34.5 Å². The van der Waals surface area contributed by atoms with E-state index in [0.29, 0.717) is 30.1 Å². The lowest BCUT2D eigenvalue weighted by atomic mass is 9.46. The Morgan fingerprint density at radius 1 is 1.13 bits per heavy atom. The van der Waals surface area contributed by atoms with Gasteiger partial charge in [-0.1, -0.05) is 38.4 Å². The van der Waals surface area contributed by atoms with E-state index in [1.807, 2.05) is 20.2 Å². The Bertz CT molecular complexity index is 861. The van der Waals surface area contributed by atoms with Crippen LogP contribution in [0, 0.1) is 34.5 Å². The second kappa shape index (κ2) is 14.2. The van der Waals surface area contributed by atoms with Crippen molar-refractivity contribution in [1.82, 2.24) is 4.90 Å². The molecule has 3 saturated carbocycles. The number of allylic oxidation sites excluding steroid dienone is 2. The number of fused-ring (bicyclic) bond motifs is 3. The zero-order valence-electron chi connectivity index (χ0n) is 23.8. The summed E-state index contributed by atoms with van der Waals surface area (Å²) in [5.74, 6) is -1.43. The van der Waals surface area contributed by atoms with Crippen molar-refractivity contribution in [2.24, 2.45) is 39.7 Å². The first-order valence-electron chi connectivity index (χ1n) is 14.0. The minimum Gasteiger partial charge on any atom is -0.473 e.